The summed E-state index contributed by atoms with van der Waals surface area (Å²) in [7, 11) is 0. The number of fused-ring (bicyclic) bond motifs is 1. The molecule has 1 heterocycles. The van der Waals surface area contributed by atoms with Crippen LogP contribution in [-0.4, -0.2) is 21.1 Å². The number of carbonyl (C=O) groups is 1. The van der Waals surface area contributed by atoms with Gasteiger partial charge in [0.05, 0.1) is 11.0 Å². The summed E-state index contributed by atoms with van der Waals surface area (Å²) in [5.41, 5.74) is -0.159. The highest BCUT2D eigenvalue weighted by molar-refractivity contribution is 9.12. The van der Waals surface area contributed by atoms with Gasteiger partial charge in [0, 0.05) is 9.65 Å². The van der Waals surface area contributed by atoms with Crippen LogP contribution in [0.5, 0.6) is 0 Å². The second-order valence-electron chi connectivity index (χ2n) is 4.56. The van der Waals surface area contributed by atoms with Crippen LogP contribution in [0.4, 0.5) is 0 Å². The van der Waals surface area contributed by atoms with E-state index in [-0.39, 0.29) is 16.9 Å². The SMILES string of the molecule is C[C@]12C[C@@H](Br)[C@H](Br)C[C@]1(C)C(=O)N2. The molecule has 0 aromatic carbocycles. The molecule has 2 nitrogen and oxygen atoms in total. The maximum absolute atomic E-state index is 11.5. The molecule has 74 valence electrons. The van der Waals surface area contributed by atoms with Crippen molar-refractivity contribution in [3.05, 3.63) is 0 Å². The Bertz CT molecular complexity index is 270. The largest absolute Gasteiger partial charge is 0.349 e. The van der Waals surface area contributed by atoms with Crippen LogP contribution in [0.25, 0.3) is 0 Å². The Kier molecular flexibility index (Phi) is 2.09. The maximum atomic E-state index is 11.5. The number of alkyl halides is 2. The molecule has 13 heavy (non-hydrogen) atoms. The maximum Gasteiger partial charge on any atom is 0.228 e. The lowest BCUT2D eigenvalue weighted by Gasteiger charge is -2.60. The first-order valence-corrected chi connectivity index (χ1v) is 6.33. The lowest BCUT2D eigenvalue weighted by molar-refractivity contribution is -0.157. The van der Waals surface area contributed by atoms with E-state index in [1.54, 1.807) is 0 Å². The molecule has 0 spiro atoms. The molecule has 1 N–H and O–H groups in total. The number of amides is 1. The minimum Gasteiger partial charge on any atom is -0.349 e. The van der Waals surface area contributed by atoms with E-state index in [1.807, 2.05) is 0 Å². The summed E-state index contributed by atoms with van der Waals surface area (Å²) in [5, 5.41) is 3.02. The Morgan fingerprint density at radius 1 is 1.31 bits per heavy atom. The highest BCUT2D eigenvalue weighted by Gasteiger charge is 2.63. The third-order valence-corrected chi connectivity index (χ3v) is 6.34. The van der Waals surface area contributed by atoms with E-state index in [9.17, 15) is 4.79 Å². The fourth-order valence-corrected chi connectivity index (χ4v) is 4.01. The normalized spacial score (nSPS) is 54.9. The van der Waals surface area contributed by atoms with Gasteiger partial charge in [-0.1, -0.05) is 31.9 Å². The molecular weight excluding hydrogens is 298 g/mol. The van der Waals surface area contributed by atoms with Crippen molar-refractivity contribution in [2.75, 3.05) is 0 Å². The van der Waals surface area contributed by atoms with Gasteiger partial charge in [0.25, 0.3) is 0 Å². The first-order chi connectivity index (χ1) is 5.89. The molecule has 1 aliphatic carbocycles. The van der Waals surface area contributed by atoms with Crippen molar-refractivity contribution in [3.63, 3.8) is 0 Å². The van der Waals surface area contributed by atoms with Crippen molar-refractivity contribution < 1.29 is 4.79 Å². The molecule has 0 aromatic rings. The van der Waals surface area contributed by atoms with Crippen LogP contribution >= 0.6 is 31.9 Å². The first-order valence-electron chi connectivity index (χ1n) is 4.50. The fourth-order valence-electron chi connectivity index (χ4n) is 2.34. The second kappa shape index (κ2) is 2.72. The molecule has 1 saturated heterocycles. The Labute approximate surface area is 95.1 Å². The van der Waals surface area contributed by atoms with Crippen molar-refractivity contribution in [1.29, 1.82) is 0 Å². The molecule has 1 saturated carbocycles. The van der Waals surface area contributed by atoms with Crippen LogP contribution in [0.15, 0.2) is 0 Å². The predicted octanol–water partition coefficient (Wildman–Crippen LogP) is 2.20. The Morgan fingerprint density at radius 2 is 1.85 bits per heavy atom. The minimum atomic E-state index is -0.161. The van der Waals surface area contributed by atoms with Gasteiger partial charge in [-0.2, -0.15) is 0 Å². The Morgan fingerprint density at radius 3 is 2.38 bits per heavy atom. The van der Waals surface area contributed by atoms with E-state index >= 15 is 0 Å². The van der Waals surface area contributed by atoms with Crippen LogP contribution < -0.4 is 5.32 Å². The van der Waals surface area contributed by atoms with E-state index in [0.29, 0.717) is 9.65 Å². The smallest absolute Gasteiger partial charge is 0.228 e. The van der Waals surface area contributed by atoms with Gasteiger partial charge in [-0.15, -0.1) is 0 Å². The zero-order valence-corrected chi connectivity index (χ0v) is 10.9. The van der Waals surface area contributed by atoms with E-state index < -0.39 is 0 Å². The number of hydrogen-bond acceptors (Lipinski definition) is 1. The molecular formula is C9H13Br2NO. The number of carbonyl (C=O) groups excluding carboxylic acids is 1. The van der Waals surface area contributed by atoms with Crippen molar-refractivity contribution in [2.24, 2.45) is 5.41 Å². The molecule has 0 radical (unpaired) electrons. The van der Waals surface area contributed by atoms with Gasteiger partial charge in [0.2, 0.25) is 5.91 Å². The van der Waals surface area contributed by atoms with E-state index in [0.717, 1.165) is 12.8 Å². The topological polar surface area (TPSA) is 29.1 Å². The summed E-state index contributed by atoms with van der Waals surface area (Å²) in [6.45, 7) is 4.21. The monoisotopic (exact) mass is 309 g/mol. The van der Waals surface area contributed by atoms with Crippen LogP contribution in [-0.2, 0) is 4.79 Å². The van der Waals surface area contributed by atoms with E-state index in [4.69, 9.17) is 0 Å². The zero-order valence-electron chi connectivity index (χ0n) is 7.73. The second-order valence-corrected chi connectivity index (χ2v) is 6.91. The van der Waals surface area contributed by atoms with Crippen molar-refractivity contribution in [2.45, 2.75) is 41.9 Å². The summed E-state index contributed by atoms with van der Waals surface area (Å²) >= 11 is 7.25. The molecule has 2 rings (SSSR count). The van der Waals surface area contributed by atoms with E-state index in [1.165, 1.54) is 0 Å². The van der Waals surface area contributed by atoms with Crippen molar-refractivity contribution >= 4 is 37.8 Å². The number of rotatable bonds is 0. The molecule has 1 amide bonds. The minimum absolute atomic E-state index is 0.00250. The summed E-state index contributed by atoms with van der Waals surface area (Å²) in [6.07, 6.45) is 1.93. The van der Waals surface area contributed by atoms with Crippen LogP contribution in [0, 0.1) is 5.41 Å². The van der Waals surface area contributed by atoms with Gasteiger partial charge in [0.1, 0.15) is 0 Å². The Balaban J connectivity index is 2.27. The third-order valence-electron chi connectivity index (χ3n) is 3.71. The summed E-state index contributed by atoms with van der Waals surface area (Å²) in [6, 6.07) is 0. The van der Waals surface area contributed by atoms with Gasteiger partial charge in [0.15, 0.2) is 0 Å². The number of nitrogens with one attached hydrogen (secondary N) is 1. The highest BCUT2D eigenvalue weighted by Crippen LogP contribution is 2.53. The van der Waals surface area contributed by atoms with Crippen LogP contribution in [0.1, 0.15) is 26.7 Å². The predicted molar refractivity (Wildman–Crippen MR) is 59.3 cm³/mol. The lowest BCUT2D eigenvalue weighted by Crippen LogP contribution is -2.77. The van der Waals surface area contributed by atoms with Crippen LogP contribution in [0.3, 0.4) is 0 Å². The average Bonchev–Trinajstić information content (AvgIpc) is 2.01. The molecule has 4 heteroatoms. The standard InChI is InChI=1S/C9H13Br2NO/c1-8-3-5(10)6(11)4-9(8,2)12-7(8)13/h5-6H,3-4H2,1-2H3,(H,12,13)/t5-,6-,8-,9+/m1/s1. The summed E-state index contributed by atoms with van der Waals surface area (Å²) in [5.74, 6) is 0.207. The van der Waals surface area contributed by atoms with E-state index in [2.05, 4.69) is 51.0 Å². The average molecular weight is 311 g/mol. The van der Waals surface area contributed by atoms with Gasteiger partial charge < -0.3 is 5.32 Å². The Hall–Kier alpha value is 0.430. The van der Waals surface area contributed by atoms with Gasteiger partial charge in [-0.3, -0.25) is 4.79 Å². The summed E-state index contributed by atoms with van der Waals surface area (Å²) < 4.78 is 0. The summed E-state index contributed by atoms with van der Waals surface area (Å²) in [4.78, 5) is 12.4. The molecule has 2 aliphatic rings. The van der Waals surface area contributed by atoms with Crippen molar-refractivity contribution in [3.8, 4) is 0 Å². The zero-order chi connectivity index (χ0) is 9.85. The van der Waals surface area contributed by atoms with Crippen molar-refractivity contribution in [1.82, 2.24) is 5.32 Å². The molecule has 4 atom stereocenters. The quantitative estimate of drug-likeness (QED) is 0.539. The highest BCUT2D eigenvalue weighted by atomic mass is 79.9. The number of hydrogen-bond donors (Lipinski definition) is 1. The number of β-lactam (4-membered cyclic amide) rings is 1. The van der Waals surface area contributed by atoms with Gasteiger partial charge in [-0.25, -0.2) is 0 Å². The first kappa shape index (κ1) is 9.97. The van der Waals surface area contributed by atoms with Gasteiger partial charge in [-0.05, 0) is 26.7 Å². The fraction of sp³-hybridized carbons (Fsp3) is 0.889. The lowest BCUT2D eigenvalue weighted by atomic mass is 9.56. The molecule has 2 fully saturated rings. The van der Waals surface area contributed by atoms with Gasteiger partial charge >= 0.3 is 0 Å². The third kappa shape index (κ3) is 1.14. The molecule has 0 bridgehead atoms. The molecule has 1 aliphatic heterocycles. The number of halogens is 2. The van der Waals surface area contributed by atoms with Crippen LogP contribution in [0.2, 0.25) is 0 Å². The molecule has 0 aromatic heterocycles. The molecule has 0 unspecified atom stereocenters.